The van der Waals surface area contributed by atoms with E-state index in [0.29, 0.717) is 17.5 Å². The zero-order valence-corrected chi connectivity index (χ0v) is 18.0. The fourth-order valence-electron chi connectivity index (χ4n) is 3.20. The van der Waals surface area contributed by atoms with E-state index < -0.39 is 0 Å². The van der Waals surface area contributed by atoms with Crippen molar-refractivity contribution in [3.05, 3.63) is 90.8 Å². The second-order valence-corrected chi connectivity index (χ2v) is 8.07. The van der Waals surface area contributed by atoms with Crippen LogP contribution >= 0.6 is 11.8 Å². The molecule has 6 nitrogen and oxygen atoms in total. The minimum Gasteiger partial charge on any atom is -0.355 e. The van der Waals surface area contributed by atoms with Gasteiger partial charge in [0.05, 0.1) is 5.75 Å². The number of aromatic nitrogens is 4. The molecule has 0 bridgehead atoms. The molecule has 4 aromatic rings. The normalized spacial score (nSPS) is 11.8. The molecule has 1 amide bonds. The number of para-hydroxylation sites is 1. The summed E-state index contributed by atoms with van der Waals surface area (Å²) >= 11 is 1.37. The van der Waals surface area contributed by atoms with Gasteiger partial charge in [0.25, 0.3) is 0 Å². The summed E-state index contributed by atoms with van der Waals surface area (Å²) in [4.78, 5) is 16.7. The number of carbonyl (C=O) groups excluding carboxylic acids is 1. The fraction of sp³-hybridized carbons (Fsp3) is 0.167. The minimum absolute atomic E-state index is 0.0293. The van der Waals surface area contributed by atoms with E-state index in [-0.39, 0.29) is 17.6 Å². The molecule has 1 N–H and O–H groups in total. The lowest BCUT2D eigenvalue weighted by molar-refractivity contribution is -0.118. The van der Waals surface area contributed by atoms with Crippen LogP contribution in [0.5, 0.6) is 0 Å². The molecule has 0 fully saturated rings. The smallest absolute Gasteiger partial charge is 0.230 e. The number of hydrogen-bond donors (Lipinski definition) is 1. The predicted octanol–water partition coefficient (Wildman–Crippen LogP) is 4.34. The van der Waals surface area contributed by atoms with Gasteiger partial charge in [-0.3, -0.25) is 14.3 Å². The van der Waals surface area contributed by atoms with Gasteiger partial charge in [0.1, 0.15) is 0 Å². The molecule has 7 heteroatoms. The van der Waals surface area contributed by atoms with Gasteiger partial charge in [-0.05, 0) is 35.7 Å². The van der Waals surface area contributed by atoms with E-state index in [1.165, 1.54) is 17.3 Å². The van der Waals surface area contributed by atoms with Crippen LogP contribution in [0.4, 0.5) is 0 Å². The topological polar surface area (TPSA) is 72.7 Å². The molecule has 0 aliphatic heterocycles. The van der Waals surface area contributed by atoms with E-state index in [9.17, 15) is 4.79 Å². The summed E-state index contributed by atoms with van der Waals surface area (Å²) in [5.74, 6) is 1.18. The van der Waals surface area contributed by atoms with Crippen LogP contribution in [0.25, 0.3) is 17.1 Å². The van der Waals surface area contributed by atoms with Gasteiger partial charge in [0.15, 0.2) is 11.0 Å². The molecule has 4 rings (SSSR count). The Labute approximate surface area is 185 Å². The van der Waals surface area contributed by atoms with Crippen LogP contribution in [-0.4, -0.2) is 38.0 Å². The summed E-state index contributed by atoms with van der Waals surface area (Å²) in [7, 11) is 0. The predicted molar refractivity (Wildman–Crippen MR) is 123 cm³/mol. The van der Waals surface area contributed by atoms with Crippen LogP contribution in [0.3, 0.4) is 0 Å². The molecule has 2 aromatic heterocycles. The van der Waals surface area contributed by atoms with Crippen LogP contribution in [0.1, 0.15) is 18.4 Å². The summed E-state index contributed by atoms with van der Waals surface area (Å²) in [5.41, 5.74) is 3.01. The maximum Gasteiger partial charge on any atom is 0.230 e. The number of pyridine rings is 1. The van der Waals surface area contributed by atoms with Crippen LogP contribution in [0.2, 0.25) is 0 Å². The Balaban J connectivity index is 1.46. The Kier molecular flexibility index (Phi) is 6.74. The van der Waals surface area contributed by atoms with Crippen molar-refractivity contribution >= 4 is 17.7 Å². The number of amides is 1. The van der Waals surface area contributed by atoms with E-state index in [4.69, 9.17) is 0 Å². The molecule has 31 heavy (non-hydrogen) atoms. The minimum atomic E-state index is -0.0293. The van der Waals surface area contributed by atoms with E-state index in [1.807, 2.05) is 65.2 Å². The number of rotatable bonds is 8. The van der Waals surface area contributed by atoms with Crippen molar-refractivity contribution in [3.63, 3.8) is 0 Å². The summed E-state index contributed by atoms with van der Waals surface area (Å²) in [6.07, 6.45) is 3.48. The van der Waals surface area contributed by atoms with Crippen molar-refractivity contribution in [3.8, 4) is 17.1 Å². The molecule has 0 saturated carbocycles. The van der Waals surface area contributed by atoms with Crippen LogP contribution in [-0.2, 0) is 4.79 Å². The molecule has 0 aliphatic carbocycles. The highest BCUT2D eigenvalue weighted by Gasteiger charge is 2.17. The molecular formula is C24H23N5OS. The number of nitrogens with zero attached hydrogens (tertiary/aromatic N) is 4. The molecule has 1 atom stereocenters. The average Bonchev–Trinajstić information content (AvgIpc) is 3.27. The summed E-state index contributed by atoms with van der Waals surface area (Å²) in [6, 6.07) is 23.9. The van der Waals surface area contributed by atoms with Crippen molar-refractivity contribution in [2.75, 3.05) is 12.3 Å². The fourth-order valence-corrected chi connectivity index (χ4v) is 3.98. The Morgan fingerprint density at radius 1 is 1.00 bits per heavy atom. The summed E-state index contributed by atoms with van der Waals surface area (Å²) in [6.45, 7) is 2.70. The molecule has 2 aromatic carbocycles. The van der Waals surface area contributed by atoms with Crippen molar-refractivity contribution in [2.45, 2.75) is 18.0 Å². The number of thioether (sulfide) groups is 1. The van der Waals surface area contributed by atoms with Gasteiger partial charge in [-0.15, -0.1) is 10.2 Å². The molecule has 0 spiro atoms. The Hall–Kier alpha value is -3.45. The van der Waals surface area contributed by atoms with Crippen molar-refractivity contribution < 1.29 is 4.79 Å². The third-order valence-corrected chi connectivity index (χ3v) is 5.80. The van der Waals surface area contributed by atoms with Crippen LogP contribution < -0.4 is 5.32 Å². The van der Waals surface area contributed by atoms with Gasteiger partial charge in [-0.25, -0.2) is 0 Å². The SMILES string of the molecule is CC(CNC(=O)CSc1nnc(-c2cccnc2)n1-c1ccccc1)c1ccccc1. The lowest BCUT2D eigenvalue weighted by atomic mass is 10.0. The molecule has 0 aliphatic rings. The molecule has 1 unspecified atom stereocenters. The molecule has 2 heterocycles. The highest BCUT2D eigenvalue weighted by molar-refractivity contribution is 7.99. The zero-order valence-electron chi connectivity index (χ0n) is 17.2. The van der Waals surface area contributed by atoms with Crippen molar-refractivity contribution in [1.82, 2.24) is 25.1 Å². The lowest BCUT2D eigenvalue weighted by Gasteiger charge is -2.13. The number of hydrogen-bond acceptors (Lipinski definition) is 5. The summed E-state index contributed by atoms with van der Waals surface area (Å²) in [5, 5.41) is 12.4. The maximum atomic E-state index is 12.5. The van der Waals surface area contributed by atoms with Gasteiger partial charge >= 0.3 is 0 Å². The average molecular weight is 430 g/mol. The van der Waals surface area contributed by atoms with E-state index in [1.54, 1.807) is 12.4 Å². The molecule has 0 radical (unpaired) electrons. The number of nitrogens with one attached hydrogen (secondary N) is 1. The van der Waals surface area contributed by atoms with Gasteiger partial charge in [0.2, 0.25) is 5.91 Å². The van der Waals surface area contributed by atoms with Gasteiger partial charge < -0.3 is 5.32 Å². The third kappa shape index (κ3) is 5.19. The van der Waals surface area contributed by atoms with Gasteiger partial charge in [0, 0.05) is 30.2 Å². The Morgan fingerprint density at radius 3 is 2.45 bits per heavy atom. The largest absolute Gasteiger partial charge is 0.355 e. The molecule has 0 saturated heterocycles. The second-order valence-electron chi connectivity index (χ2n) is 7.12. The van der Waals surface area contributed by atoms with E-state index in [2.05, 4.69) is 39.6 Å². The first-order chi connectivity index (χ1) is 15.2. The first-order valence-corrected chi connectivity index (χ1v) is 11.1. The van der Waals surface area contributed by atoms with E-state index in [0.717, 1.165) is 11.3 Å². The number of benzene rings is 2. The summed E-state index contributed by atoms with van der Waals surface area (Å²) < 4.78 is 1.96. The Morgan fingerprint density at radius 2 is 1.74 bits per heavy atom. The quantitative estimate of drug-likeness (QED) is 0.422. The first-order valence-electron chi connectivity index (χ1n) is 10.1. The second kappa shape index (κ2) is 10.0. The van der Waals surface area contributed by atoms with E-state index >= 15 is 0 Å². The lowest BCUT2D eigenvalue weighted by Crippen LogP contribution is -2.29. The Bertz CT molecular complexity index is 1120. The molecular weight excluding hydrogens is 406 g/mol. The van der Waals surface area contributed by atoms with Crippen molar-refractivity contribution in [1.29, 1.82) is 0 Å². The van der Waals surface area contributed by atoms with Crippen LogP contribution in [0.15, 0.2) is 90.3 Å². The highest BCUT2D eigenvalue weighted by Crippen LogP contribution is 2.27. The van der Waals surface area contributed by atoms with Gasteiger partial charge in [-0.2, -0.15) is 0 Å². The van der Waals surface area contributed by atoms with Gasteiger partial charge in [-0.1, -0.05) is 67.2 Å². The van der Waals surface area contributed by atoms with Crippen molar-refractivity contribution in [2.24, 2.45) is 0 Å². The molecule has 156 valence electrons. The third-order valence-electron chi connectivity index (χ3n) is 4.87. The maximum absolute atomic E-state index is 12.5. The first kappa shape index (κ1) is 20.8. The zero-order chi connectivity index (χ0) is 21.5. The highest BCUT2D eigenvalue weighted by atomic mass is 32.2. The number of carbonyl (C=O) groups is 1. The van der Waals surface area contributed by atoms with Crippen LogP contribution in [0, 0.1) is 0 Å². The standard InChI is InChI=1S/C24H23N5OS/c1-18(19-9-4-2-5-10-19)15-26-22(30)17-31-24-28-27-23(20-11-8-14-25-16-20)29(24)21-12-6-3-7-13-21/h2-14,16,18H,15,17H2,1H3,(H,26,30). The monoisotopic (exact) mass is 429 g/mol.